The molecule has 0 saturated heterocycles. The first-order chi connectivity index (χ1) is 15.3. The molecule has 4 aromatic carbocycles. The number of rotatable bonds is 4. The van der Waals surface area contributed by atoms with Crippen LogP contribution in [0.5, 0.6) is 11.5 Å². The van der Waals surface area contributed by atoms with E-state index in [9.17, 15) is 27.2 Å². The molecule has 0 N–H and O–H groups in total. The van der Waals surface area contributed by atoms with Crippen molar-refractivity contribution in [2.24, 2.45) is 0 Å². The van der Waals surface area contributed by atoms with Crippen molar-refractivity contribution in [1.82, 2.24) is 0 Å². The summed E-state index contributed by atoms with van der Waals surface area (Å²) in [5.74, 6) is -5.87. The predicted molar refractivity (Wildman–Crippen MR) is 107 cm³/mol. The number of hydrogen-bond donors (Lipinski definition) is 0. The van der Waals surface area contributed by atoms with Gasteiger partial charge in [0, 0.05) is 0 Å². The largest absolute Gasteiger partial charge is 0.423 e. The van der Waals surface area contributed by atoms with Crippen LogP contribution in [0.4, 0.5) is 17.6 Å². The van der Waals surface area contributed by atoms with Gasteiger partial charge in [-0.05, 0) is 71.4 Å². The Morgan fingerprint density at radius 2 is 0.906 bits per heavy atom. The Kier molecular flexibility index (Phi) is 5.59. The van der Waals surface area contributed by atoms with Gasteiger partial charge in [0.05, 0.1) is 11.1 Å². The van der Waals surface area contributed by atoms with E-state index in [1.54, 1.807) is 12.1 Å². The Bertz CT molecular complexity index is 1260. The van der Waals surface area contributed by atoms with E-state index < -0.39 is 35.2 Å². The standard InChI is InChI=1S/C24H12F4O4/c25-19-7-3-15(11-21(19)27)23(29)31-17-5-1-13-9-18(6-2-14(13)10-17)32-24(30)16-4-8-20(26)22(28)12-16/h1-12H. The van der Waals surface area contributed by atoms with Crippen LogP contribution in [0.15, 0.2) is 72.8 Å². The van der Waals surface area contributed by atoms with E-state index in [1.807, 2.05) is 0 Å². The van der Waals surface area contributed by atoms with Gasteiger partial charge in [0.1, 0.15) is 11.5 Å². The third-order valence-electron chi connectivity index (χ3n) is 4.51. The number of ether oxygens (including phenoxy) is 2. The Hall–Kier alpha value is -4.20. The third kappa shape index (κ3) is 4.44. The minimum absolute atomic E-state index is 0.150. The Morgan fingerprint density at radius 3 is 1.28 bits per heavy atom. The maximum atomic E-state index is 13.3. The number of benzene rings is 4. The summed E-state index contributed by atoms with van der Waals surface area (Å²) in [5, 5.41) is 1.27. The van der Waals surface area contributed by atoms with Gasteiger partial charge in [-0.25, -0.2) is 27.2 Å². The molecular weight excluding hydrogens is 428 g/mol. The van der Waals surface area contributed by atoms with E-state index in [4.69, 9.17) is 9.47 Å². The zero-order chi connectivity index (χ0) is 22.8. The summed E-state index contributed by atoms with van der Waals surface area (Å²) in [5.41, 5.74) is -0.299. The van der Waals surface area contributed by atoms with Crippen LogP contribution in [-0.2, 0) is 0 Å². The van der Waals surface area contributed by atoms with E-state index in [1.165, 1.54) is 24.3 Å². The van der Waals surface area contributed by atoms with Crippen molar-refractivity contribution < 1.29 is 36.6 Å². The fourth-order valence-electron chi connectivity index (χ4n) is 2.91. The smallest absolute Gasteiger partial charge is 0.343 e. The molecule has 0 saturated carbocycles. The van der Waals surface area contributed by atoms with Crippen LogP contribution >= 0.6 is 0 Å². The first-order valence-electron chi connectivity index (χ1n) is 9.18. The van der Waals surface area contributed by atoms with E-state index in [0.717, 1.165) is 36.4 Å². The van der Waals surface area contributed by atoms with Gasteiger partial charge in [-0.2, -0.15) is 0 Å². The van der Waals surface area contributed by atoms with Crippen molar-refractivity contribution in [1.29, 1.82) is 0 Å². The van der Waals surface area contributed by atoms with E-state index in [-0.39, 0.29) is 22.6 Å². The second-order valence-corrected chi connectivity index (χ2v) is 6.71. The average molecular weight is 440 g/mol. The lowest BCUT2D eigenvalue weighted by Crippen LogP contribution is -2.09. The zero-order valence-corrected chi connectivity index (χ0v) is 16.1. The molecule has 0 radical (unpaired) electrons. The maximum absolute atomic E-state index is 13.3. The van der Waals surface area contributed by atoms with Crippen molar-refractivity contribution in [2.75, 3.05) is 0 Å². The quantitative estimate of drug-likeness (QED) is 0.228. The number of fused-ring (bicyclic) bond motifs is 1. The lowest BCUT2D eigenvalue weighted by Gasteiger charge is -2.08. The van der Waals surface area contributed by atoms with Gasteiger partial charge >= 0.3 is 11.9 Å². The van der Waals surface area contributed by atoms with Crippen molar-refractivity contribution in [3.63, 3.8) is 0 Å². The number of halogens is 4. The van der Waals surface area contributed by atoms with Crippen molar-refractivity contribution >= 4 is 22.7 Å². The average Bonchev–Trinajstić information content (AvgIpc) is 2.77. The van der Waals surface area contributed by atoms with Crippen molar-refractivity contribution in [3.05, 3.63) is 107 Å². The molecule has 32 heavy (non-hydrogen) atoms. The first-order valence-corrected chi connectivity index (χ1v) is 9.18. The molecular formula is C24H12F4O4. The number of carbonyl (C=O) groups is 2. The lowest BCUT2D eigenvalue weighted by atomic mass is 10.1. The molecule has 0 aliphatic rings. The monoisotopic (exact) mass is 440 g/mol. The van der Waals surface area contributed by atoms with Crippen LogP contribution < -0.4 is 9.47 Å². The second kappa shape index (κ2) is 8.50. The summed E-state index contributed by atoms with van der Waals surface area (Å²) in [6, 6.07) is 14.6. The highest BCUT2D eigenvalue weighted by atomic mass is 19.2. The van der Waals surface area contributed by atoms with Crippen LogP contribution in [0, 0.1) is 23.3 Å². The lowest BCUT2D eigenvalue weighted by molar-refractivity contribution is 0.0724. The molecule has 4 nitrogen and oxygen atoms in total. The van der Waals surface area contributed by atoms with Gasteiger partial charge in [0.2, 0.25) is 0 Å². The highest BCUT2D eigenvalue weighted by Crippen LogP contribution is 2.26. The van der Waals surface area contributed by atoms with Crippen LogP contribution in [0.2, 0.25) is 0 Å². The fourth-order valence-corrected chi connectivity index (χ4v) is 2.91. The van der Waals surface area contributed by atoms with E-state index in [0.29, 0.717) is 10.8 Å². The molecule has 0 heterocycles. The summed E-state index contributed by atoms with van der Waals surface area (Å²) >= 11 is 0. The second-order valence-electron chi connectivity index (χ2n) is 6.71. The fraction of sp³-hybridized carbons (Fsp3) is 0. The minimum Gasteiger partial charge on any atom is -0.423 e. The van der Waals surface area contributed by atoms with Crippen LogP contribution in [0.25, 0.3) is 10.8 Å². The zero-order valence-electron chi connectivity index (χ0n) is 16.1. The SMILES string of the molecule is O=C(Oc1ccc2cc(OC(=O)c3ccc(F)c(F)c3)ccc2c1)c1ccc(F)c(F)c1. The number of carbonyl (C=O) groups excluding carboxylic acids is 2. The summed E-state index contributed by atoms with van der Waals surface area (Å²) < 4.78 is 63.0. The van der Waals surface area contributed by atoms with Gasteiger partial charge in [-0.1, -0.05) is 12.1 Å². The number of hydrogen-bond acceptors (Lipinski definition) is 4. The molecule has 0 amide bonds. The molecule has 4 aromatic rings. The molecule has 0 fully saturated rings. The molecule has 4 rings (SSSR count). The molecule has 160 valence electrons. The van der Waals surface area contributed by atoms with Gasteiger partial charge in [-0.15, -0.1) is 0 Å². The summed E-state index contributed by atoms with van der Waals surface area (Å²) in [6.07, 6.45) is 0. The molecule has 0 aromatic heterocycles. The molecule has 8 heteroatoms. The van der Waals surface area contributed by atoms with Crippen molar-refractivity contribution in [3.8, 4) is 11.5 Å². The minimum atomic E-state index is -1.16. The predicted octanol–water partition coefficient (Wildman–Crippen LogP) is 5.83. The molecule has 0 aliphatic carbocycles. The summed E-state index contributed by atoms with van der Waals surface area (Å²) in [4.78, 5) is 24.3. The molecule has 0 aliphatic heterocycles. The van der Waals surface area contributed by atoms with Gasteiger partial charge < -0.3 is 9.47 Å². The topological polar surface area (TPSA) is 52.6 Å². The molecule has 0 unspecified atom stereocenters. The van der Waals surface area contributed by atoms with Crippen molar-refractivity contribution in [2.45, 2.75) is 0 Å². The summed E-state index contributed by atoms with van der Waals surface area (Å²) in [7, 11) is 0. The Balaban J connectivity index is 1.50. The van der Waals surface area contributed by atoms with Crippen LogP contribution in [0.3, 0.4) is 0 Å². The number of esters is 2. The maximum Gasteiger partial charge on any atom is 0.343 e. The first kappa shape index (κ1) is 21.0. The van der Waals surface area contributed by atoms with Crippen LogP contribution in [-0.4, -0.2) is 11.9 Å². The van der Waals surface area contributed by atoms with E-state index >= 15 is 0 Å². The van der Waals surface area contributed by atoms with Gasteiger partial charge in [-0.3, -0.25) is 0 Å². The molecule has 0 atom stereocenters. The van der Waals surface area contributed by atoms with Crippen LogP contribution in [0.1, 0.15) is 20.7 Å². The summed E-state index contributed by atoms with van der Waals surface area (Å²) in [6.45, 7) is 0. The molecule has 0 bridgehead atoms. The molecule has 0 spiro atoms. The Morgan fingerprint density at radius 1 is 0.500 bits per heavy atom. The van der Waals surface area contributed by atoms with E-state index in [2.05, 4.69) is 0 Å². The highest BCUT2D eigenvalue weighted by molar-refractivity contribution is 5.93. The van der Waals surface area contributed by atoms with Gasteiger partial charge in [0.25, 0.3) is 0 Å². The Labute approximate surface area is 178 Å². The normalized spacial score (nSPS) is 10.8. The third-order valence-corrected chi connectivity index (χ3v) is 4.51. The highest BCUT2D eigenvalue weighted by Gasteiger charge is 2.14. The van der Waals surface area contributed by atoms with Gasteiger partial charge in [0.15, 0.2) is 23.3 Å².